The molecule has 4 nitrogen and oxygen atoms in total. The van der Waals surface area contributed by atoms with Gasteiger partial charge in [0.2, 0.25) is 0 Å². The number of nitrogens with two attached hydrogens (primary N) is 1. The second-order valence-electron chi connectivity index (χ2n) is 5.40. The third-order valence-corrected chi connectivity index (χ3v) is 5.11. The lowest BCUT2D eigenvalue weighted by molar-refractivity contribution is -0.0473. The highest BCUT2D eigenvalue weighted by Crippen LogP contribution is 2.28. The molecule has 0 bridgehead atoms. The highest BCUT2D eigenvalue weighted by atomic mass is 32.2. The van der Waals surface area contributed by atoms with Gasteiger partial charge in [0.25, 0.3) is 0 Å². The van der Waals surface area contributed by atoms with E-state index in [0.717, 1.165) is 51.4 Å². The van der Waals surface area contributed by atoms with Crippen LogP contribution in [0.1, 0.15) is 51.4 Å². The topological polar surface area (TPSA) is 69.4 Å². The zero-order valence-corrected chi connectivity index (χ0v) is 11.1. The van der Waals surface area contributed by atoms with Crippen molar-refractivity contribution >= 4 is 10.7 Å². The summed E-state index contributed by atoms with van der Waals surface area (Å²) in [6.45, 7) is 0. The SMILES string of the molecule is NC1CCCC(OC2CCC([SH](=O)=O)CC2)C1. The summed E-state index contributed by atoms with van der Waals surface area (Å²) in [5, 5.41) is -0.113. The van der Waals surface area contributed by atoms with E-state index in [1.54, 1.807) is 0 Å². The zero-order valence-electron chi connectivity index (χ0n) is 10.2. The minimum absolute atomic E-state index is 0.113. The van der Waals surface area contributed by atoms with Gasteiger partial charge in [-0.25, -0.2) is 8.42 Å². The van der Waals surface area contributed by atoms with Gasteiger partial charge in [-0.15, -0.1) is 0 Å². The van der Waals surface area contributed by atoms with Gasteiger partial charge in [-0.2, -0.15) is 0 Å². The van der Waals surface area contributed by atoms with Crippen molar-refractivity contribution in [1.29, 1.82) is 0 Å². The average molecular weight is 261 g/mol. The first kappa shape index (κ1) is 13.3. The summed E-state index contributed by atoms with van der Waals surface area (Å²) >= 11 is 0. The molecule has 2 unspecified atom stereocenters. The molecule has 2 rings (SSSR count). The summed E-state index contributed by atoms with van der Waals surface area (Å²) in [5.41, 5.74) is 5.93. The third-order valence-electron chi connectivity index (χ3n) is 3.99. The molecule has 2 atom stereocenters. The van der Waals surface area contributed by atoms with Gasteiger partial charge in [0.05, 0.1) is 17.5 Å². The fourth-order valence-electron chi connectivity index (χ4n) is 2.97. The fraction of sp³-hybridized carbons (Fsp3) is 1.00. The normalized spacial score (nSPS) is 39.4. The van der Waals surface area contributed by atoms with Crippen molar-refractivity contribution in [3.8, 4) is 0 Å². The van der Waals surface area contributed by atoms with E-state index in [2.05, 4.69) is 0 Å². The summed E-state index contributed by atoms with van der Waals surface area (Å²) in [6, 6.07) is 0.293. The van der Waals surface area contributed by atoms with E-state index in [1.807, 2.05) is 0 Å². The molecule has 2 aliphatic carbocycles. The molecular weight excluding hydrogens is 238 g/mol. The molecule has 0 radical (unpaired) electrons. The summed E-state index contributed by atoms with van der Waals surface area (Å²) in [5.74, 6) is 0. The van der Waals surface area contributed by atoms with E-state index in [9.17, 15) is 8.42 Å². The number of rotatable bonds is 3. The lowest BCUT2D eigenvalue weighted by Crippen LogP contribution is -2.36. The molecule has 0 aromatic heterocycles. The molecule has 2 fully saturated rings. The van der Waals surface area contributed by atoms with Crippen LogP contribution < -0.4 is 5.73 Å². The highest BCUT2D eigenvalue weighted by molar-refractivity contribution is 7.73. The van der Waals surface area contributed by atoms with Crippen molar-refractivity contribution in [3.63, 3.8) is 0 Å². The Morgan fingerprint density at radius 3 is 2.24 bits per heavy atom. The molecule has 100 valence electrons. The molecule has 0 heterocycles. The summed E-state index contributed by atoms with van der Waals surface area (Å²) in [4.78, 5) is 0. The number of ether oxygens (including phenoxy) is 1. The van der Waals surface area contributed by atoms with Gasteiger partial charge in [-0.05, 0) is 51.4 Å². The van der Waals surface area contributed by atoms with E-state index < -0.39 is 10.7 Å². The van der Waals surface area contributed by atoms with Crippen LogP contribution in [0.5, 0.6) is 0 Å². The zero-order chi connectivity index (χ0) is 12.3. The van der Waals surface area contributed by atoms with Gasteiger partial charge < -0.3 is 10.5 Å². The third kappa shape index (κ3) is 3.93. The first-order chi connectivity index (χ1) is 8.15. The van der Waals surface area contributed by atoms with E-state index in [0.29, 0.717) is 12.1 Å². The van der Waals surface area contributed by atoms with Crippen molar-refractivity contribution in [3.05, 3.63) is 0 Å². The van der Waals surface area contributed by atoms with Crippen molar-refractivity contribution < 1.29 is 13.2 Å². The lowest BCUT2D eigenvalue weighted by atomic mass is 9.92. The minimum atomic E-state index is -2.24. The van der Waals surface area contributed by atoms with Gasteiger partial charge in [0.1, 0.15) is 10.7 Å². The predicted octanol–water partition coefficient (Wildman–Crippen LogP) is 1.20. The monoisotopic (exact) mass is 261 g/mol. The van der Waals surface area contributed by atoms with Gasteiger partial charge in [0.15, 0.2) is 0 Å². The first-order valence-electron chi connectivity index (χ1n) is 6.69. The largest absolute Gasteiger partial charge is 0.375 e. The molecule has 0 aliphatic heterocycles. The smallest absolute Gasteiger partial charge is 0.143 e. The second-order valence-corrected chi connectivity index (χ2v) is 6.70. The number of hydrogen-bond donors (Lipinski definition) is 2. The van der Waals surface area contributed by atoms with E-state index >= 15 is 0 Å². The Kier molecular flexibility index (Phi) is 4.82. The van der Waals surface area contributed by atoms with Crippen LogP contribution >= 0.6 is 0 Å². The van der Waals surface area contributed by atoms with E-state index in [1.165, 1.54) is 0 Å². The first-order valence-corrected chi connectivity index (χ1v) is 7.94. The van der Waals surface area contributed by atoms with Crippen LogP contribution in [0.3, 0.4) is 0 Å². The van der Waals surface area contributed by atoms with E-state index in [-0.39, 0.29) is 11.4 Å². The van der Waals surface area contributed by atoms with Gasteiger partial charge >= 0.3 is 0 Å². The maximum Gasteiger partial charge on any atom is 0.143 e. The van der Waals surface area contributed by atoms with Crippen LogP contribution in [0.25, 0.3) is 0 Å². The molecule has 5 heteroatoms. The summed E-state index contributed by atoms with van der Waals surface area (Å²) in [7, 11) is -2.24. The summed E-state index contributed by atoms with van der Waals surface area (Å²) in [6.07, 6.45) is 8.23. The van der Waals surface area contributed by atoms with Crippen LogP contribution in [-0.4, -0.2) is 31.9 Å². The second kappa shape index (κ2) is 6.16. The Morgan fingerprint density at radius 2 is 1.65 bits per heavy atom. The molecular formula is C12H23NO3S. The average Bonchev–Trinajstić information content (AvgIpc) is 2.29. The van der Waals surface area contributed by atoms with E-state index in [4.69, 9.17) is 10.5 Å². The van der Waals surface area contributed by atoms with Gasteiger partial charge in [-0.1, -0.05) is 0 Å². The lowest BCUT2D eigenvalue weighted by Gasteiger charge is -2.33. The fourth-order valence-corrected chi connectivity index (χ4v) is 3.69. The molecule has 0 aromatic rings. The molecule has 2 aliphatic rings. The Morgan fingerprint density at radius 1 is 0.941 bits per heavy atom. The number of thiol groups is 1. The number of hydrogen-bond acceptors (Lipinski definition) is 4. The Balaban J connectivity index is 1.74. The quantitative estimate of drug-likeness (QED) is 0.749. The van der Waals surface area contributed by atoms with Crippen molar-refractivity contribution in [1.82, 2.24) is 0 Å². The molecule has 0 saturated heterocycles. The summed E-state index contributed by atoms with van der Waals surface area (Å²) < 4.78 is 27.8. The molecule has 17 heavy (non-hydrogen) atoms. The van der Waals surface area contributed by atoms with Crippen LogP contribution in [0.2, 0.25) is 0 Å². The van der Waals surface area contributed by atoms with Gasteiger partial charge in [0, 0.05) is 6.04 Å². The maximum atomic E-state index is 10.9. The molecule has 0 amide bonds. The molecule has 2 saturated carbocycles. The standard InChI is InChI=1S/C12H23NO3S/c13-9-2-1-3-11(8-9)16-10-4-6-12(7-5-10)17(14)15/h9-12,17H,1-8,13H2. The molecule has 2 N–H and O–H groups in total. The molecule has 0 spiro atoms. The highest BCUT2D eigenvalue weighted by Gasteiger charge is 2.27. The Bertz CT molecular complexity index is 303. The van der Waals surface area contributed by atoms with Crippen LogP contribution in [-0.2, 0) is 15.4 Å². The minimum Gasteiger partial charge on any atom is -0.375 e. The van der Waals surface area contributed by atoms with Crippen LogP contribution in [0, 0.1) is 0 Å². The molecule has 0 aromatic carbocycles. The van der Waals surface area contributed by atoms with Crippen molar-refractivity contribution in [2.75, 3.05) is 0 Å². The van der Waals surface area contributed by atoms with Gasteiger partial charge in [-0.3, -0.25) is 0 Å². The van der Waals surface area contributed by atoms with Crippen LogP contribution in [0.15, 0.2) is 0 Å². The van der Waals surface area contributed by atoms with Crippen LogP contribution in [0.4, 0.5) is 0 Å². The van der Waals surface area contributed by atoms with Crippen molar-refractivity contribution in [2.24, 2.45) is 5.73 Å². The van der Waals surface area contributed by atoms with Crippen molar-refractivity contribution in [2.45, 2.75) is 74.9 Å². The Labute approximate surface area is 105 Å². The predicted molar refractivity (Wildman–Crippen MR) is 67.7 cm³/mol. The Hall–Kier alpha value is -0.130. The maximum absolute atomic E-state index is 10.9.